The first kappa shape index (κ1) is 16.2. The molecule has 1 N–H and O–H groups in total. The van der Waals surface area contributed by atoms with Crippen LogP contribution in [0.3, 0.4) is 0 Å². The minimum Gasteiger partial charge on any atom is -0.333 e. The van der Waals surface area contributed by atoms with Gasteiger partial charge in [-0.15, -0.1) is 11.3 Å². The van der Waals surface area contributed by atoms with E-state index >= 15 is 0 Å². The molecule has 6 heteroatoms. The summed E-state index contributed by atoms with van der Waals surface area (Å²) in [6.45, 7) is 1.95. The number of hydrogen-bond acceptors (Lipinski definition) is 5. The third-order valence-corrected chi connectivity index (χ3v) is 4.75. The van der Waals surface area contributed by atoms with Gasteiger partial charge in [-0.1, -0.05) is 53.2 Å². The molecule has 0 aliphatic rings. The lowest BCUT2D eigenvalue weighted by Gasteiger charge is -2.05. The minimum atomic E-state index is -0.170. The first-order valence-corrected chi connectivity index (χ1v) is 8.94. The van der Waals surface area contributed by atoms with Crippen molar-refractivity contribution in [2.45, 2.75) is 6.92 Å². The second kappa shape index (κ2) is 6.93. The van der Waals surface area contributed by atoms with Gasteiger partial charge in [0.1, 0.15) is 4.88 Å². The van der Waals surface area contributed by atoms with Gasteiger partial charge < -0.3 is 9.84 Å². The molecule has 0 bridgehead atoms. The molecule has 0 atom stereocenters. The van der Waals surface area contributed by atoms with Crippen molar-refractivity contribution in [3.05, 3.63) is 77.2 Å². The van der Waals surface area contributed by atoms with Gasteiger partial charge in [-0.05, 0) is 30.5 Å². The van der Waals surface area contributed by atoms with Gasteiger partial charge in [0, 0.05) is 11.1 Å². The molecular weight excluding hydrogens is 346 g/mol. The van der Waals surface area contributed by atoms with E-state index in [1.54, 1.807) is 6.07 Å². The Hall–Kier alpha value is -3.25. The zero-order valence-corrected chi connectivity index (χ0v) is 14.8. The Morgan fingerprint density at radius 3 is 2.73 bits per heavy atom. The Labute approximate surface area is 154 Å². The predicted octanol–water partition coefficient (Wildman–Crippen LogP) is 5.03. The summed E-state index contributed by atoms with van der Waals surface area (Å²) in [6, 6.07) is 18.9. The van der Waals surface area contributed by atoms with Gasteiger partial charge in [0.25, 0.3) is 11.8 Å². The summed E-state index contributed by atoms with van der Waals surface area (Å²) in [7, 11) is 0. The number of anilines is 1. The fraction of sp³-hybridized carbons (Fsp3) is 0.0500. The molecule has 0 fully saturated rings. The van der Waals surface area contributed by atoms with Crippen molar-refractivity contribution in [2.75, 3.05) is 5.32 Å². The summed E-state index contributed by atoms with van der Waals surface area (Å²) in [5.74, 6) is 0.736. The van der Waals surface area contributed by atoms with Gasteiger partial charge in [-0.25, -0.2) is 0 Å². The van der Waals surface area contributed by atoms with Gasteiger partial charge in [0.2, 0.25) is 5.82 Å². The lowest BCUT2D eigenvalue weighted by atomic mass is 10.1. The predicted molar refractivity (Wildman–Crippen MR) is 102 cm³/mol. The second-order valence-corrected chi connectivity index (χ2v) is 6.69. The number of aryl methyl sites for hydroxylation is 1. The van der Waals surface area contributed by atoms with Crippen molar-refractivity contribution in [3.8, 4) is 22.2 Å². The Bertz CT molecular complexity index is 1050. The van der Waals surface area contributed by atoms with Crippen molar-refractivity contribution in [3.63, 3.8) is 0 Å². The molecule has 5 nitrogen and oxygen atoms in total. The Kier molecular flexibility index (Phi) is 4.33. The van der Waals surface area contributed by atoms with Crippen LogP contribution in [-0.2, 0) is 0 Å². The molecule has 2 aromatic carbocycles. The van der Waals surface area contributed by atoms with Crippen LogP contribution >= 0.6 is 11.3 Å². The largest absolute Gasteiger partial charge is 0.333 e. The van der Waals surface area contributed by atoms with Gasteiger partial charge in [-0.3, -0.25) is 4.79 Å². The molecule has 2 aromatic heterocycles. The van der Waals surface area contributed by atoms with Crippen molar-refractivity contribution in [1.82, 2.24) is 10.1 Å². The number of benzene rings is 2. The lowest BCUT2D eigenvalue weighted by molar-refractivity contribution is 0.102. The standard InChI is InChI=1S/C20H15N3O2S/c1-13-6-5-9-15(12-13)19(24)21-16-10-11-26-17(16)20-22-18(23-25-20)14-7-3-2-4-8-14/h2-12H,1H3,(H,21,24). The third kappa shape index (κ3) is 3.27. The number of aromatic nitrogens is 2. The van der Waals surface area contributed by atoms with Crippen molar-refractivity contribution >= 4 is 22.9 Å². The average molecular weight is 361 g/mol. The zero-order valence-electron chi connectivity index (χ0n) is 14.0. The number of nitrogens with zero attached hydrogens (tertiary/aromatic N) is 2. The average Bonchev–Trinajstić information content (AvgIpc) is 3.31. The van der Waals surface area contributed by atoms with E-state index in [4.69, 9.17) is 4.52 Å². The summed E-state index contributed by atoms with van der Waals surface area (Å²) in [4.78, 5) is 17.7. The van der Waals surface area contributed by atoms with Gasteiger partial charge in [-0.2, -0.15) is 4.98 Å². The summed E-state index contributed by atoms with van der Waals surface area (Å²) >= 11 is 1.44. The SMILES string of the molecule is Cc1cccc(C(=O)Nc2ccsc2-c2nc(-c3ccccc3)no2)c1. The maximum atomic E-state index is 12.5. The molecule has 2 heterocycles. The van der Waals surface area contributed by atoms with Crippen molar-refractivity contribution < 1.29 is 9.32 Å². The topological polar surface area (TPSA) is 68.0 Å². The smallest absolute Gasteiger partial charge is 0.270 e. The quantitative estimate of drug-likeness (QED) is 0.554. The van der Waals surface area contributed by atoms with Crippen LogP contribution in [0.5, 0.6) is 0 Å². The molecule has 26 heavy (non-hydrogen) atoms. The van der Waals surface area contributed by atoms with Gasteiger partial charge >= 0.3 is 0 Å². The van der Waals surface area contributed by atoms with E-state index in [1.165, 1.54) is 11.3 Å². The van der Waals surface area contributed by atoms with E-state index in [9.17, 15) is 4.79 Å². The number of nitrogens with one attached hydrogen (secondary N) is 1. The minimum absolute atomic E-state index is 0.170. The molecule has 0 spiro atoms. The molecule has 128 valence electrons. The number of hydrogen-bond donors (Lipinski definition) is 1. The molecule has 4 aromatic rings. The van der Waals surface area contributed by atoms with Crippen LogP contribution in [0.25, 0.3) is 22.2 Å². The first-order chi connectivity index (χ1) is 12.7. The highest BCUT2D eigenvalue weighted by atomic mass is 32.1. The molecule has 0 radical (unpaired) electrons. The maximum absolute atomic E-state index is 12.5. The number of rotatable bonds is 4. The normalized spacial score (nSPS) is 10.7. The molecular formula is C20H15N3O2S. The number of amides is 1. The Morgan fingerprint density at radius 2 is 1.92 bits per heavy atom. The van der Waals surface area contributed by atoms with Gasteiger partial charge in [0.05, 0.1) is 5.69 Å². The molecule has 0 saturated carbocycles. The number of carbonyl (C=O) groups is 1. The third-order valence-electron chi connectivity index (χ3n) is 3.85. The highest BCUT2D eigenvalue weighted by Gasteiger charge is 2.17. The number of thiophene rings is 1. The molecule has 1 amide bonds. The number of carbonyl (C=O) groups excluding carboxylic acids is 1. The summed E-state index contributed by atoms with van der Waals surface area (Å²) in [5.41, 5.74) is 3.18. The molecule has 0 aliphatic heterocycles. The Morgan fingerprint density at radius 1 is 1.08 bits per heavy atom. The zero-order chi connectivity index (χ0) is 17.9. The fourth-order valence-corrected chi connectivity index (χ4v) is 3.34. The van der Waals surface area contributed by atoms with Crippen LogP contribution in [0.15, 0.2) is 70.6 Å². The molecule has 0 unspecified atom stereocenters. The molecule has 0 aliphatic carbocycles. The van der Waals surface area contributed by atoms with E-state index in [1.807, 2.05) is 66.9 Å². The highest BCUT2D eigenvalue weighted by Crippen LogP contribution is 2.34. The molecule has 4 rings (SSSR count). The summed E-state index contributed by atoms with van der Waals surface area (Å²) in [5, 5.41) is 8.85. The van der Waals surface area contributed by atoms with Crippen LogP contribution in [-0.4, -0.2) is 16.0 Å². The monoisotopic (exact) mass is 361 g/mol. The van der Waals surface area contributed by atoms with Crippen LogP contribution in [0.4, 0.5) is 5.69 Å². The van der Waals surface area contributed by atoms with Crippen molar-refractivity contribution in [2.24, 2.45) is 0 Å². The van der Waals surface area contributed by atoms with E-state index < -0.39 is 0 Å². The van der Waals surface area contributed by atoms with E-state index in [-0.39, 0.29) is 5.91 Å². The molecule has 0 saturated heterocycles. The maximum Gasteiger partial charge on any atom is 0.270 e. The first-order valence-electron chi connectivity index (χ1n) is 8.06. The van der Waals surface area contributed by atoms with Crippen molar-refractivity contribution in [1.29, 1.82) is 0 Å². The van der Waals surface area contributed by atoms with E-state index in [0.717, 1.165) is 16.0 Å². The Balaban J connectivity index is 1.60. The summed E-state index contributed by atoms with van der Waals surface area (Å²) in [6.07, 6.45) is 0. The second-order valence-electron chi connectivity index (χ2n) is 5.78. The van der Waals surface area contributed by atoms with Crippen LogP contribution in [0.2, 0.25) is 0 Å². The van der Waals surface area contributed by atoms with E-state index in [2.05, 4.69) is 15.5 Å². The lowest BCUT2D eigenvalue weighted by Crippen LogP contribution is -2.11. The highest BCUT2D eigenvalue weighted by molar-refractivity contribution is 7.14. The van der Waals surface area contributed by atoms with E-state index in [0.29, 0.717) is 23.0 Å². The van der Waals surface area contributed by atoms with Crippen LogP contribution in [0, 0.1) is 6.92 Å². The van der Waals surface area contributed by atoms with Crippen LogP contribution < -0.4 is 5.32 Å². The van der Waals surface area contributed by atoms with Crippen LogP contribution in [0.1, 0.15) is 15.9 Å². The summed E-state index contributed by atoms with van der Waals surface area (Å²) < 4.78 is 5.41. The van der Waals surface area contributed by atoms with Gasteiger partial charge in [0.15, 0.2) is 0 Å². The fourth-order valence-electron chi connectivity index (χ4n) is 2.57.